The molecule has 30 heavy (non-hydrogen) atoms. The SMILES string of the molecule is O=C(c1cccc(-n2nccc2-c2ccccc2)c1)N(Cc1ccncc1)C1CC1. The van der Waals surface area contributed by atoms with Gasteiger partial charge in [0.25, 0.3) is 5.91 Å². The quantitative estimate of drug-likeness (QED) is 0.475. The lowest BCUT2D eigenvalue weighted by molar-refractivity contribution is 0.0730. The van der Waals surface area contributed by atoms with E-state index in [1.54, 1.807) is 18.6 Å². The van der Waals surface area contributed by atoms with E-state index >= 15 is 0 Å². The van der Waals surface area contributed by atoms with Crippen LogP contribution in [0.2, 0.25) is 0 Å². The summed E-state index contributed by atoms with van der Waals surface area (Å²) in [6, 6.07) is 24.1. The number of hydrogen-bond donors (Lipinski definition) is 0. The van der Waals surface area contributed by atoms with E-state index < -0.39 is 0 Å². The number of pyridine rings is 1. The maximum atomic E-state index is 13.4. The molecule has 1 saturated carbocycles. The Morgan fingerprint density at radius 2 is 1.73 bits per heavy atom. The first-order valence-corrected chi connectivity index (χ1v) is 10.2. The Balaban J connectivity index is 1.45. The van der Waals surface area contributed by atoms with Gasteiger partial charge in [-0.15, -0.1) is 0 Å². The molecule has 148 valence electrons. The molecule has 0 radical (unpaired) electrons. The van der Waals surface area contributed by atoms with E-state index in [0.29, 0.717) is 18.2 Å². The molecule has 5 nitrogen and oxygen atoms in total. The van der Waals surface area contributed by atoms with Gasteiger partial charge < -0.3 is 4.90 Å². The molecule has 2 heterocycles. The van der Waals surface area contributed by atoms with Gasteiger partial charge in [-0.25, -0.2) is 4.68 Å². The molecular formula is C25H22N4O. The highest BCUT2D eigenvalue weighted by molar-refractivity contribution is 5.95. The van der Waals surface area contributed by atoms with Crippen molar-refractivity contribution < 1.29 is 4.79 Å². The van der Waals surface area contributed by atoms with Crippen LogP contribution in [0.5, 0.6) is 0 Å². The first-order valence-electron chi connectivity index (χ1n) is 10.2. The van der Waals surface area contributed by atoms with Crippen LogP contribution in [0.3, 0.4) is 0 Å². The topological polar surface area (TPSA) is 51.0 Å². The highest BCUT2D eigenvalue weighted by Gasteiger charge is 2.33. The molecular weight excluding hydrogens is 372 g/mol. The average molecular weight is 394 g/mol. The zero-order valence-electron chi connectivity index (χ0n) is 16.6. The fourth-order valence-electron chi connectivity index (χ4n) is 3.71. The number of amides is 1. The first kappa shape index (κ1) is 18.3. The van der Waals surface area contributed by atoms with E-state index in [2.05, 4.69) is 22.2 Å². The number of carbonyl (C=O) groups is 1. The van der Waals surface area contributed by atoms with Crippen molar-refractivity contribution in [2.45, 2.75) is 25.4 Å². The maximum Gasteiger partial charge on any atom is 0.254 e. The number of aromatic nitrogens is 3. The van der Waals surface area contributed by atoms with Crippen molar-refractivity contribution in [1.82, 2.24) is 19.7 Å². The number of carbonyl (C=O) groups excluding carboxylic acids is 1. The molecule has 0 aliphatic heterocycles. The standard InChI is InChI=1S/C25H22N4O/c30-25(28(22-9-10-22)18-19-11-14-26-15-12-19)21-7-4-8-23(17-21)29-24(13-16-27-29)20-5-2-1-3-6-20/h1-8,11-17,22H,9-10,18H2. The largest absolute Gasteiger partial charge is 0.331 e. The second-order valence-corrected chi connectivity index (χ2v) is 7.56. The summed E-state index contributed by atoms with van der Waals surface area (Å²) in [5.41, 5.74) is 4.74. The van der Waals surface area contributed by atoms with Crippen LogP contribution in [0.25, 0.3) is 16.9 Å². The van der Waals surface area contributed by atoms with Crippen LogP contribution < -0.4 is 0 Å². The lowest BCUT2D eigenvalue weighted by Crippen LogP contribution is -2.32. The Kier molecular flexibility index (Phi) is 4.85. The molecule has 5 heteroatoms. The zero-order chi connectivity index (χ0) is 20.3. The van der Waals surface area contributed by atoms with Gasteiger partial charge in [0.15, 0.2) is 0 Å². The van der Waals surface area contributed by atoms with E-state index in [9.17, 15) is 4.79 Å². The Hall–Kier alpha value is -3.73. The number of rotatable bonds is 6. The van der Waals surface area contributed by atoms with E-state index in [1.165, 1.54) is 0 Å². The number of nitrogens with zero attached hydrogens (tertiary/aromatic N) is 4. The van der Waals surface area contributed by atoms with Crippen molar-refractivity contribution in [3.63, 3.8) is 0 Å². The van der Waals surface area contributed by atoms with Crippen LogP contribution in [0, 0.1) is 0 Å². The van der Waals surface area contributed by atoms with Gasteiger partial charge in [-0.2, -0.15) is 5.10 Å². The van der Waals surface area contributed by atoms with Crippen molar-refractivity contribution in [1.29, 1.82) is 0 Å². The third kappa shape index (κ3) is 3.74. The van der Waals surface area contributed by atoms with Crippen molar-refractivity contribution in [3.8, 4) is 16.9 Å². The van der Waals surface area contributed by atoms with Gasteiger partial charge in [-0.3, -0.25) is 9.78 Å². The van der Waals surface area contributed by atoms with E-state index in [1.807, 2.05) is 70.2 Å². The second kappa shape index (κ2) is 7.95. The maximum absolute atomic E-state index is 13.4. The van der Waals surface area contributed by atoms with Gasteiger partial charge >= 0.3 is 0 Å². The van der Waals surface area contributed by atoms with E-state index in [0.717, 1.165) is 35.3 Å². The van der Waals surface area contributed by atoms with Crippen LogP contribution in [0.15, 0.2) is 91.4 Å². The molecule has 0 unspecified atom stereocenters. The molecule has 2 aromatic carbocycles. The molecule has 1 aliphatic carbocycles. The fraction of sp³-hybridized carbons (Fsp3) is 0.160. The van der Waals surface area contributed by atoms with Gasteiger partial charge in [0.1, 0.15) is 0 Å². The second-order valence-electron chi connectivity index (χ2n) is 7.56. The molecule has 0 atom stereocenters. The van der Waals surface area contributed by atoms with Crippen molar-refractivity contribution in [2.75, 3.05) is 0 Å². The summed E-state index contributed by atoms with van der Waals surface area (Å²) >= 11 is 0. The van der Waals surface area contributed by atoms with Crippen LogP contribution in [0.1, 0.15) is 28.8 Å². The molecule has 0 saturated heterocycles. The highest BCUT2D eigenvalue weighted by Crippen LogP contribution is 2.30. The first-order chi connectivity index (χ1) is 14.8. The van der Waals surface area contributed by atoms with E-state index in [-0.39, 0.29) is 5.91 Å². The molecule has 1 amide bonds. The Morgan fingerprint density at radius 1 is 0.933 bits per heavy atom. The predicted molar refractivity (Wildman–Crippen MR) is 116 cm³/mol. The Bertz CT molecular complexity index is 1150. The monoisotopic (exact) mass is 394 g/mol. The minimum Gasteiger partial charge on any atom is -0.331 e. The van der Waals surface area contributed by atoms with E-state index in [4.69, 9.17) is 0 Å². The normalized spacial score (nSPS) is 13.2. The molecule has 4 aromatic rings. The average Bonchev–Trinajstić information content (AvgIpc) is 3.53. The summed E-state index contributed by atoms with van der Waals surface area (Å²) < 4.78 is 1.89. The minimum atomic E-state index is 0.0598. The lowest BCUT2D eigenvalue weighted by Gasteiger charge is -2.23. The Morgan fingerprint density at radius 3 is 2.50 bits per heavy atom. The van der Waals surface area contributed by atoms with Gasteiger partial charge in [0, 0.05) is 36.1 Å². The van der Waals surface area contributed by atoms with Crippen molar-refractivity contribution in [3.05, 3.63) is 103 Å². The third-order valence-corrected chi connectivity index (χ3v) is 5.40. The number of benzene rings is 2. The summed E-state index contributed by atoms with van der Waals surface area (Å²) in [5, 5.41) is 4.51. The number of hydrogen-bond acceptors (Lipinski definition) is 3. The fourth-order valence-corrected chi connectivity index (χ4v) is 3.71. The van der Waals surface area contributed by atoms with Gasteiger partial charge in [-0.1, -0.05) is 36.4 Å². The molecule has 0 bridgehead atoms. The Labute approximate surface area is 175 Å². The summed E-state index contributed by atoms with van der Waals surface area (Å²) in [7, 11) is 0. The van der Waals surface area contributed by atoms with Crippen LogP contribution in [-0.4, -0.2) is 31.6 Å². The van der Waals surface area contributed by atoms with Gasteiger partial charge in [0.05, 0.1) is 17.6 Å². The smallest absolute Gasteiger partial charge is 0.254 e. The molecule has 0 spiro atoms. The van der Waals surface area contributed by atoms with Crippen molar-refractivity contribution >= 4 is 5.91 Å². The lowest BCUT2D eigenvalue weighted by atomic mass is 10.1. The third-order valence-electron chi connectivity index (χ3n) is 5.40. The molecule has 0 N–H and O–H groups in total. The van der Waals surface area contributed by atoms with Crippen LogP contribution >= 0.6 is 0 Å². The van der Waals surface area contributed by atoms with Crippen LogP contribution in [0.4, 0.5) is 0 Å². The molecule has 1 fully saturated rings. The van der Waals surface area contributed by atoms with Crippen molar-refractivity contribution in [2.24, 2.45) is 0 Å². The summed E-state index contributed by atoms with van der Waals surface area (Å²) in [6.45, 7) is 0.604. The predicted octanol–water partition coefficient (Wildman–Crippen LogP) is 4.74. The van der Waals surface area contributed by atoms with Crippen LogP contribution in [-0.2, 0) is 6.54 Å². The molecule has 5 rings (SSSR count). The summed E-state index contributed by atoms with van der Waals surface area (Å²) in [4.78, 5) is 19.4. The molecule has 2 aromatic heterocycles. The van der Waals surface area contributed by atoms with Gasteiger partial charge in [-0.05, 0) is 54.8 Å². The summed E-state index contributed by atoms with van der Waals surface area (Å²) in [5.74, 6) is 0.0598. The van der Waals surface area contributed by atoms with Gasteiger partial charge in [0.2, 0.25) is 0 Å². The minimum absolute atomic E-state index is 0.0598. The highest BCUT2D eigenvalue weighted by atomic mass is 16.2. The zero-order valence-corrected chi connectivity index (χ0v) is 16.6. The molecule has 1 aliphatic rings. The summed E-state index contributed by atoms with van der Waals surface area (Å²) in [6.07, 6.45) is 7.46.